The number of carbonyl (C=O) groups is 1. The van der Waals surface area contributed by atoms with E-state index >= 15 is 0 Å². The number of hydrogen-bond donors (Lipinski definition) is 1. The molecule has 3 rings (SSSR count). The number of aryl methyl sites for hydroxylation is 1. The van der Waals surface area contributed by atoms with E-state index in [-0.39, 0.29) is 5.91 Å². The van der Waals surface area contributed by atoms with Crippen LogP contribution < -0.4 is 5.48 Å². The fourth-order valence-electron chi connectivity index (χ4n) is 3.44. The van der Waals surface area contributed by atoms with Crippen molar-refractivity contribution >= 4 is 17.8 Å². The Kier molecular flexibility index (Phi) is 5.96. The minimum Gasteiger partial charge on any atom is -0.384 e. The van der Waals surface area contributed by atoms with Crippen molar-refractivity contribution in [2.75, 3.05) is 26.2 Å². The van der Waals surface area contributed by atoms with Gasteiger partial charge in [0.2, 0.25) is 0 Å². The molecule has 0 saturated carbocycles. The van der Waals surface area contributed by atoms with Crippen LogP contribution in [0.25, 0.3) is 5.70 Å². The summed E-state index contributed by atoms with van der Waals surface area (Å²) in [7, 11) is 0. The van der Waals surface area contributed by atoms with Crippen molar-refractivity contribution in [3.63, 3.8) is 0 Å². The summed E-state index contributed by atoms with van der Waals surface area (Å²) in [5.74, 6) is 0.658. The molecular formula is C21H28N4O2. The Bertz CT molecular complexity index is 806. The Balaban J connectivity index is 2.05. The predicted octanol–water partition coefficient (Wildman–Crippen LogP) is 3.07. The zero-order valence-corrected chi connectivity index (χ0v) is 16.6. The predicted molar refractivity (Wildman–Crippen MR) is 108 cm³/mol. The molecule has 0 bridgehead atoms. The van der Waals surface area contributed by atoms with Crippen molar-refractivity contribution in [1.82, 2.24) is 15.3 Å². The first-order valence-corrected chi connectivity index (χ1v) is 9.65. The second kappa shape index (κ2) is 8.39. The lowest BCUT2D eigenvalue weighted by molar-refractivity contribution is -0.122. The molecule has 0 aromatic heterocycles. The van der Waals surface area contributed by atoms with Gasteiger partial charge in [-0.05, 0) is 25.6 Å². The fraction of sp³-hybridized carbons (Fsp3) is 0.429. The first kappa shape index (κ1) is 19.2. The van der Waals surface area contributed by atoms with Gasteiger partial charge in [-0.15, -0.1) is 0 Å². The number of nitrogens with one attached hydrogen (secondary N) is 1. The van der Waals surface area contributed by atoms with Gasteiger partial charge >= 0.3 is 0 Å². The monoisotopic (exact) mass is 368 g/mol. The number of benzene rings is 1. The maximum Gasteiger partial charge on any atom is 0.269 e. The van der Waals surface area contributed by atoms with Gasteiger partial charge in [-0.25, -0.2) is 10.5 Å². The van der Waals surface area contributed by atoms with Crippen LogP contribution in [0, 0.1) is 6.92 Å². The highest BCUT2D eigenvalue weighted by atomic mass is 16.7. The lowest BCUT2D eigenvalue weighted by Crippen LogP contribution is -2.39. The SMILES string of the molecule is CCC1=C2C(=C(c3ccccc3C)N=CC(=O)N2CCN(CC)CC)NO1. The van der Waals surface area contributed by atoms with Crippen molar-refractivity contribution < 1.29 is 9.63 Å². The van der Waals surface area contributed by atoms with Crippen LogP contribution in [0.4, 0.5) is 0 Å². The highest BCUT2D eigenvalue weighted by Gasteiger charge is 2.34. The number of allylic oxidation sites excluding steroid dienone is 1. The lowest BCUT2D eigenvalue weighted by atomic mass is 10.0. The van der Waals surface area contributed by atoms with Gasteiger partial charge in [0.05, 0.1) is 11.9 Å². The Morgan fingerprint density at radius 2 is 1.93 bits per heavy atom. The number of likely N-dealkylation sites (N-methyl/N-ethyl adjacent to an activating group) is 1. The molecule has 0 saturated heterocycles. The number of carbonyl (C=O) groups excluding carboxylic acids is 1. The molecule has 1 N–H and O–H groups in total. The van der Waals surface area contributed by atoms with Crippen LogP contribution >= 0.6 is 0 Å². The molecule has 1 aromatic rings. The van der Waals surface area contributed by atoms with Crippen molar-refractivity contribution in [1.29, 1.82) is 0 Å². The number of fused-ring (bicyclic) bond motifs is 1. The Hall–Kier alpha value is -2.60. The summed E-state index contributed by atoms with van der Waals surface area (Å²) in [5.41, 5.74) is 7.44. The summed E-state index contributed by atoms with van der Waals surface area (Å²) in [6.07, 6.45) is 2.12. The van der Waals surface area contributed by atoms with E-state index in [9.17, 15) is 4.79 Å². The van der Waals surface area contributed by atoms with Gasteiger partial charge in [-0.2, -0.15) is 0 Å². The average molecular weight is 368 g/mol. The summed E-state index contributed by atoms with van der Waals surface area (Å²) >= 11 is 0. The van der Waals surface area contributed by atoms with Gasteiger partial charge in [0.15, 0.2) is 5.76 Å². The topological polar surface area (TPSA) is 57.2 Å². The zero-order valence-electron chi connectivity index (χ0n) is 16.6. The van der Waals surface area contributed by atoms with Crippen molar-refractivity contribution in [2.45, 2.75) is 34.1 Å². The molecule has 144 valence electrons. The van der Waals surface area contributed by atoms with Crippen LogP contribution in [0.15, 0.2) is 46.4 Å². The van der Waals surface area contributed by atoms with Gasteiger partial charge in [0.1, 0.15) is 11.4 Å². The molecule has 0 atom stereocenters. The van der Waals surface area contributed by atoms with Crippen LogP contribution in [0.5, 0.6) is 0 Å². The van der Waals surface area contributed by atoms with Crippen LogP contribution in [0.1, 0.15) is 38.3 Å². The van der Waals surface area contributed by atoms with E-state index < -0.39 is 0 Å². The molecule has 0 unspecified atom stereocenters. The molecule has 27 heavy (non-hydrogen) atoms. The molecular weight excluding hydrogens is 340 g/mol. The van der Waals surface area contributed by atoms with E-state index in [4.69, 9.17) is 4.84 Å². The van der Waals surface area contributed by atoms with Gasteiger partial charge in [-0.1, -0.05) is 45.0 Å². The van der Waals surface area contributed by atoms with E-state index in [1.54, 1.807) is 4.90 Å². The molecule has 0 radical (unpaired) electrons. The minimum absolute atomic E-state index is 0.114. The van der Waals surface area contributed by atoms with Crippen LogP contribution in [0.2, 0.25) is 0 Å². The highest BCUT2D eigenvalue weighted by Crippen LogP contribution is 2.35. The normalized spacial score (nSPS) is 16.6. The summed E-state index contributed by atoms with van der Waals surface area (Å²) in [6, 6.07) is 8.05. The smallest absolute Gasteiger partial charge is 0.269 e. The molecule has 6 heteroatoms. The van der Waals surface area contributed by atoms with Crippen molar-refractivity contribution in [2.24, 2.45) is 4.99 Å². The number of amides is 1. The zero-order chi connectivity index (χ0) is 19.4. The molecule has 1 aromatic carbocycles. The molecule has 2 aliphatic rings. The van der Waals surface area contributed by atoms with Crippen LogP contribution in [0.3, 0.4) is 0 Å². The summed E-state index contributed by atoms with van der Waals surface area (Å²) in [4.78, 5) is 27.2. The molecule has 2 heterocycles. The maximum absolute atomic E-state index is 12.9. The quantitative estimate of drug-likeness (QED) is 0.804. The number of hydrogen-bond acceptors (Lipinski definition) is 5. The first-order valence-electron chi connectivity index (χ1n) is 9.65. The van der Waals surface area contributed by atoms with Crippen molar-refractivity contribution in [3.8, 4) is 0 Å². The summed E-state index contributed by atoms with van der Waals surface area (Å²) in [5, 5.41) is 0. The van der Waals surface area contributed by atoms with E-state index in [2.05, 4.69) is 29.2 Å². The Labute approximate surface area is 161 Å². The average Bonchev–Trinajstić information content (AvgIpc) is 3.04. The largest absolute Gasteiger partial charge is 0.384 e. The number of hydroxylamine groups is 1. The minimum atomic E-state index is -0.114. The van der Waals surface area contributed by atoms with Gasteiger partial charge in [-0.3, -0.25) is 4.79 Å². The standard InChI is InChI=1S/C21H28N4O2/c1-5-17-21-20(23-27-17)19(16-11-9-8-10-15(16)4)22-14-18(26)25(21)13-12-24(6-2)7-3/h8-11,14,23H,5-7,12-13H2,1-4H3. The Morgan fingerprint density at radius 1 is 1.19 bits per heavy atom. The van der Waals surface area contributed by atoms with Crippen LogP contribution in [-0.4, -0.2) is 48.1 Å². The van der Waals surface area contributed by atoms with E-state index in [1.807, 2.05) is 38.1 Å². The molecule has 1 amide bonds. The van der Waals surface area contributed by atoms with Gasteiger partial charge in [0, 0.05) is 25.1 Å². The van der Waals surface area contributed by atoms with Crippen molar-refractivity contribution in [3.05, 3.63) is 52.5 Å². The maximum atomic E-state index is 12.9. The summed E-state index contributed by atoms with van der Waals surface area (Å²) in [6.45, 7) is 11.7. The van der Waals surface area contributed by atoms with E-state index in [1.165, 1.54) is 6.21 Å². The third kappa shape index (κ3) is 3.76. The first-order chi connectivity index (χ1) is 13.1. The lowest BCUT2D eigenvalue weighted by Gasteiger charge is -2.25. The Morgan fingerprint density at radius 3 is 2.59 bits per heavy atom. The highest BCUT2D eigenvalue weighted by molar-refractivity contribution is 6.28. The molecule has 0 spiro atoms. The van der Waals surface area contributed by atoms with Crippen LogP contribution in [-0.2, 0) is 9.63 Å². The molecule has 6 nitrogen and oxygen atoms in total. The second-order valence-corrected chi connectivity index (χ2v) is 6.64. The number of nitrogens with zero attached hydrogens (tertiary/aromatic N) is 3. The van der Waals surface area contributed by atoms with Gasteiger partial charge in [0.25, 0.3) is 5.91 Å². The second-order valence-electron chi connectivity index (χ2n) is 6.64. The fourth-order valence-corrected chi connectivity index (χ4v) is 3.44. The van der Waals surface area contributed by atoms with E-state index in [0.717, 1.165) is 53.6 Å². The molecule has 2 aliphatic heterocycles. The van der Waals surface area contributed by atoms with E-state index in [0.29, 0.717) is 13.0 Å². The third-order valence-electron chi connectivity index (χ3n) is 5.11. The molecule has 0 fully saturated rings. The van der Waals surface area contributed by atoms with Gasteiger partial charge < -0.3 is 14.6 Å². The third-order valence-corrected chi connectivity index (χ3v) is 5.11. The summed E-state index contributed by atoms with van der Waals surface area (Å²) < 4.78 is 0. The number of rotatable bonds is 7. The number of aliphatic imine (C=N–C) groups is 1. The molecule has 0 aliphatic carbocycles.